The molecule has 1 atom stereocenters. The SMILES string of the molecule is O=C(Cc1csc(-c2ccc(F)cc2)n1)CC(C(=O)O)c1ccccc1C(F)(F)F. The third-order valence-electron chi connectivity index (χ3n) is 4.39. The zero-order chi connectivity index (χ0) is 21.9. The Kier molecular flexibility index (Phi) is 6.31. The molecule has 1 aromatic heterocycles. The average Bonchev–Trinajstić information content (AvgIpc) is 3.14. The fraction of sp³-hybridized carbons (Fsp3) is 0.190. The highest BCUT2D eigenvalue weighted by atomic mass is 32.1. The maximum atomic E-state index is 13.2. The fourth-order valence-corrected chi connectivity index (χ4v) is 3.83. The minimum atomic E-state index is -4.73. The maximum absolute atomic E-state index is 13.2. The van der Waals surface area contributed by atoms with Crippen LogP contribution >= 0.6 is 11.3 Å². The second-order valence-corrected chi connectivity index (χ2v) is 7.40. The predicted octanol–water partition coefficient (Wildman–Crippen LogP) is 5.34. The van der Waals surface area contributed by atoms with Crippen LogP contribution in [-0.4, -0.2) is 21.8 Å². The Balaban J connectivity index is 1.76. The van der Waals surface area contributed by atoms with Crippen LogP contribution in [0.1, 0.15) is 29.2 Å². The number of carbonyl (C=O) groups is 2. The molecule has 0 aliphatic heterocycles. The van der Waals surface area contributed by atoms with Crippen molar-refractivity contribution < 1.29 is 32.3 Å². The van der Waals surface area contributed by atoms with Crippen LogP contribution in [0.25, 0.3) is 10.6 Å². The highest BCUT2D eigenvalue weighted by Gasteiger charge is 2.37. The first kappa shape index (κ1) is 21.6. The minimum absolute atomic E-state index is 0.213. The van der Waals surface area contributed by atoms with Crippen molar-refractivity contribution in [1.29, 1.82) is 0 Å². The van der Waals surface area contributed by atoms with Crippen LogP contribution in [0.5, 0.6) is 0 Å². The van der Waals surface area contributed by atoms with Crippen LogP contribution in [0.2, 0.25) is 0 Å². The molecule has 1 heterocycles. The van der Waals surface area contributed by atoms with E-state index in [1.54, 1.807) is 5.38 Å². The van der Waals surface area contributed by atoms with E-state index in [1.165, 1.54) is 47.7 Å². The van der Waals surface area contributed by atoms with Crippen LogP contribution < -0.4 is 0 Å². The molecule has 1 N–H and O–H groups in total. The fourth-order valence-electron chi connectivity index (χ4n) is 3.00. The second kappa shape index (κ2) is 8.74. The molecule has 156 valence electrons. The van der Waals surface area contributed by atoms with Crippen LogP contribution in [0.4, 0.5) is 17.6 Å². The number of benzene rings is 2. The number of carbonyl (C=O) groups excluding carboxylic acids is 1. The Morgan fingerprint density at radius 3 is 2.37 bits per heavy atom. The van der Waals surface area contributed by atoms with Gasteiger partial charge in [-0.15, -0.1) is 11.3 Å². The first-order valence-corrected chi connectivity index (χ1v) is 9.64. The number of thiazole rings is 1. The molecule has 0 bridgehead atoms. The third-order valence-corrected chi connectivity index (χ3v) is 5.33. The van der Waals surface area contributed by atoms with Gasteiger partial charge in [0.1, 0.15) is 16.6 Å². The lowest BCUT2D eigenvalue weighted by Gasteiger charge is -2.18. The highest BCUT2D eigenvalue weighted by Crippen LogP contribution is 2.36. The topological polar surface area (TPSA) is 67.3 Å². The zero-order valence-corrected chi connectivity index (χ0v) is 16.1. The first-order chi connectivity index (χ1) is 14.1. The van der Waals surface area contributed by atoms with Gasteiger partial charge in [0.05, 0.1) is 17.2 Å². The number of halogens is 4. The number of carboxylic acids is 1. The van der Waals surface area contributed by atoms with E-state index < -0.39 is 47.2 Å². The van der Waals surface area contributed by atoms with Crippen molar-refractivity contribution in [2.45, 2.75) is 24.9 Å². The van der Waals surface area contributed by atoms with Crippen molar-refractivity contribution in [3.63, 3.8) is 0 Å². The summed E-state index contributed by atoms with van der Waals surface area (Å²) in [5.74, 6) is -4.07. The predicted molar refractivity (Wildman–Crippen MR) is 103 cm³/mol. The van der Waals surface area contributed by atoms with Crippen molar-refractivity contribution in [3.8, 4) is 10.6 Å². The monoisotopic (exact) mass is 437 g/mol. The van der Waals surface area contributed by atoms with E-state index in [2.05, 4.69) is 4.98 Å². The van der Waals surface area contributed by atoms with Crippen LogP contribution in [0.15, 0.2) is 53.9 Å². The molecule has 3 aromatic rings. The van der Waals surface area contributed by atoms with Crippen molar-refractivity contribution in [1.82, 2.24) is 4.98 Å². The number of Topliss-reactive ketones (excluding diaryl/α,β-unsaturated/α-hetero) is 1. The largest absolute Gasteiger partial charge is 0.481 e. The molecule has 0 saturated heterocycles. The molecular formula is C21H15F4NO3S. The van der Waals surface area contributed by atoms with Gasteiger partial charge in [0.25, 0.3) is 0 Å². The van der Waals surface area contributed by atoms with Crippen LogP contribution in [0, 0.1) is 5.82 Å². The molecular weight excluding hydrogens is 422 g/mol. The molecule has 0 fully saturated rings. The first-order valence-electron chi connectivity index (χ1n) is 8.76. The summed E-state index contributed by atoms with van der Waals surface area (Å²) in [6.07, 6.45) is -5.53. The molecule has 0 aliphatic carbocycles. The van der Waals surface area contributed by atoms with E-state index in [9.17, 15) is 32.3 Å². The maximum Gasteiger partial charge on any atom is 0.416 e. The molecule has 3 rings (SSSR count). The van der Waals surface area contributed by atoms with Crippen molar-refractivity contribution >= 4 is 23.1 Å². The molecule has 30 heavy (non-hydrogen) atoms. The molecule has 9 heteroatoms. The second-order valence-electron chi connectivity index (χ2n) is 6.55. The third kappa shape index (κ3) is 5.10. The number of aliphatic carboxylic acids is 1. The van der Waals surface area contributed by atoms with Gasteiger partial charge in [0.15, 0.2) is 0 Å². The minimum Gasteiger partial charge on any atom is -0.481 e. The Labute approximate surface area is 172 Å². The van der Waals surface area contributed by atoms with Crippen molar-refractivity contribution in [2.24, 2.45) is 0 Å². The van der Waals surface area contributed by atoms with Gasteiger partial charge in [-0.3, -0.25) is 9.59 Å². The van der Waals surface area contributed by atoms with E-state index in [1.807, 2.05) is 0 Å². The summed E-state index contributed by atoms with van der Waals surface area (Å²) < 4.78 is 52.7. The van der Waals surface area contributed by atoms with Crippen molar-refractivity contribution in [2.75, 3.05) is 0 Å². The number of rotatable bonds is 7. The number of ketones is 1. The Hall–Kier alpha value is -3.07. The molecule has 1 unspecified atom stereocenters. The van der Waals surface area contributed by atoms with Gasteiger partial charge in [0.2, 0.25) is 0 Å². The molecule has 4 nitrogen and oxygen atoms in total. The van der Waals surface area contributed by atoms with Gasteiger partial charge in [-0.25, -0.2) is 9.37 Å². The zero-order valence-electron chi connectivity index (χ0n) is 15.3. The molecule has 0 aliphatic rings. The summed E-state index contributed by atoms with van der Waals surface area (Å²) >= 11 is 1.23. The van der Waals surface area contributed by atoms with Gasteiger partial charge in [-0.1, -0.05) is 18.2 Å². The average molecular weight is 437 g/mol. The normalized spacial score (nSPS) is 12.5. The van der Waals surface area contributed by atoms with Crippen LogP contribution in [-0.2, 0) is 22.2 Å². The smallest absolute Gasteiger partial charge is 0.416 e. The number of alkyl halides is 3. The van der Waals surface area contributed by atoms with Crippen LogP contribution in [0.3, 0.4) is 0 Å². The summed E-state index contributed by atoms with van der Waals surface area (Å²) in [4.78, 5) is 28.3. The molecule has 0 spiro atoms. The molecule has 0 radical (unpaired) electrons. The molecule has 0 amide bonds. The van der Waals surface area contributed by atoms with Gasteiger partial charge in [-0.2, -0.15) is 13.2 Å². The lowest BCUT2D eigenvalue weighted by molar-refractivity contribution is -0.143. The van der Waals surface area contributed by atoms with E-state index >= 15 is 0 Å². The van der Waals surface area contributed by atoms with Gasteiger partial charge < -0.3 is 5.11 Å². The summed E-state index contributed by atoms with van der Waals surface area (Å²) in [5, 5.41) is 11.6. The lowest BCUT2D eigenvalue weighted by atomic mass is 9.89. The Bertz CT molecular complexity index is 1060. The number of hydrogen-bond donors (Lipinski definition) is 1. The summed E-state index contributed by atoms with van der Waals surface area (Å²) in [6.45, 7) is 0. The van der Waals surface area contributed by atoms with Crippen molar-refractivity contribution in [3.05, 3.63) is 76.5 Å². The van der Waals surface area contributed by atoms with E-state index in [0.29, 0.717) is 16.3 Å². The Morgan fingerprint density at radius 2 is 1.73 bits per heavy atom. The van der Waals surface area contributed by atoms with Gasteiger partial charge >= 0.3 is 12.1 Å². The van der Waals surface area contributed by atoms with E-state index in [-0.39, 0.29) is 6.42 Å². The molecule has 2 aromatic carbocycles. The number of aromatic nitrogens is 1. The summed E-state index contributed by atoms with van der Waals surface area (Å²) in [7, 11) is 0. The molecule has 0 saturated carbocycles. The summed E-state index contributed by atoms with van der Waals surface area (Å²) in [5.41, 5.74) is -0.492. The van der Waals surface area contributed by atoms with E-state index in [4.69, 9.17) is 0 Å². The van der Waals surface area contributed by atoms with Gasteiger partial charge in [-0.05, 0) is 35.9 Å². The summed E-state index contributed by atoms with van der Waals surface area (Å²) in [6, 6.07) is 9.96. The number of hydrogen-bond acceptors (Lipinski definition) is 4. The van der Waals surface area contributed by atoms with E-state index in [0.717, 1.165) is 12.1 Å². The Morgan fingerprint density at radius 1 is 1.07 bits per heavy atom. The lowest BCUT2D eigenvalue weighted by Crippen LogP contribution is -2.21. The van der Waals surface area contributed by atoms with Gasteiger partial charge in [0, 0.05) is 23.8 Å². The standard InChI is InChI=1S/C21H15F4NO3S/c22-13-7-5-12(6-8-13)19-26-14(11-30-19)9-15(27)10-17(20(28)29)16-3-1-2-4-18(16)21(23,24)25/h1-8,11,17H,9-10H2,(H,28,29). The number of carboxylic acid groups (broad SMARTS) is 1. The number of nitrogens with zero attached hydrogens (tertiary/aromatic N) is 1. The quantitative estimate of drug-likeness (QED) is 0.507. The highest BCUT2D eigenvalue weighted by molar-refractivity contribution is 7.13.